The van der Waals surface area contributed by atoms with Crippen LogP contribution in [0, 0.1) is 0 Å². The highest BCUT2D eigenvalue weighted by molar-refractivity contribution is 8.00. The smallest absolute Gasteiger partial charge is 0.245 e. The van der Waals surface area contributed by atoms with Crippen molar-refractivity contribution in [2.24, 2.45) is 5.73 Å². The van der Waals surface area contributed by atoms with E-state index >= 15 is 0 Å². The van der Waals surface area contributed by atoms with Crippen molar-refractivity contribution in [1.29, 1.82) is 0 Å². The second-order valence-electron chi connectivity index (χ2n) is 4.46. The lowest BCUT2D eigenvalue weighted by Gasteiger charge is -2.09. The normalized spacial score (nSPS) is 10.5. The van der Waals surface area contributed by atoms with Crippen molar-refractivity contribution in [2.45, 2.75) is 31.2 Å². The molecule has 3 N–H and O–H groups in total. The first-order valence-corrected chi connectivity index (χ1v) is 7.73. The Hall–Kier alpha value is -2.02. The molecule has 7 heteroatoms. The van der Waals surface area contributed by atoms with Crippen LogP contribution in [0.4, 0.5) is 5.69 Å². The first-order valence-electron chi connectivity index (χ1n) is 6.74. The van der Waals surface area contributed by atoms with E-state index in [0.717, 1.165) is 29.2 Å². The number of hydrogen-bond acceptors (Lipinski definition) is 6. The molecule has 1 aromatic carbocycles. The first kappa shape index (κ1) is 15.4. The quantitative estimate of drug-likeness (QED) is 0.726. The zero-order valence-electron chi connectivity index (χ0n) is 11.8. The van der Waals surface area contributed by atoms with Crippen molar-refractivity contribution in [2.75, 3.05) is 11.1 Å². The number of benzene rings is 1. The molecule has 112 valence electrons. The lowest BCUT2D eigenvalue weighted by molar-refractivity contribution is -0.115. The van der Waals surface area contributed by atoms with Crippen LogP contribution in [0.3, 0.4) is 0 Å². The maximum atomic E-state index is 10.9. The van der Waals surface area contributed by atoms with Gasteiger partial charge in [-0.1, -0.05) is 24.2 Å². The second kappa shape index (κ2) is 7.68. The molecule has 0 radical (unpaired) electrons. The molecule has 1 aromatic heterocycles. The molecule has 0 aliphatic rings. The predicted molar refractivity (Wildman–Crippen MR) is 82.0 cm³/mol. The third-order valence-electron chi connectivity index (χ3n) is 2.67. The fraction of sp³-hybridized carbons (Fsp3) is 0.357. The molecular weight excluding hydrogens is 288 g/mol. The molecule has 0 fully saturated rings. The summed E-state index contributed by atoms with van der Waals surface area (Å²) in [5.74, 6) is 1.19. The number of aromatic nitrogens is 2. The summed E-state index contributed by atoms with van der Waals surface area (Å²) in [6.07, 6.45) is 1.80. The van der Waals surface area contributed by atoms with E-state index < -0.39 is 0 Å². The number of amides is 1. The van der Waals surface area contributed by atoms with Gasteiger partial charge in [-0.15, -0.1) is 11.8 Å². The van der Waals surface area contributed by atoms with E-state index in [0.29, 0.717) is 12.4 Å². The summed E-state index contributed by atoms with van der Waals surface area (Å²) >= 11 is 1.40. The number of nitrogens with one attached hydrogen (secondary N) is 1. The average molecular weight is 306 g/mol. The zero-order chi connectivity index (χ0) is 15.1. The third-order valence-corrected chi connectivity index (χ3v) is 3.77. The molecule has 0 aliphatic carbocycles. The molecule has 21 heavy (non-hydrogen) atoms. The Labute approximate surface area is 127 Å². The molecule has 1 heterocycles. The van der Waals surface area contributed by atoms with Gasteiger partial charge in [0.2, 0.25) is 11.8 Å². The van der Waals surface area contributed by atoms with Crippen molar-refractivity contribution in [3.8, 4) is 0 Å². The van der Waals surface area contributed by atoms with Crippen LogP contribution in [0.2, 0.25) is 0 Å². The summed E-state index contributed by atoms with van der Waals surface area (Å²) < 4.78 is 5.17. The zero-order valence-corrected chi connectivity index (χ0v) is 12.7. The Bertz CT molecular complexity index is 600. The topological polar surface area (TPSA) is 94.0 Å². The Balaban J connectivity index is 1.96. The molecule has 0 aliphatic heterocycles. The van der Waals surface area contributed by atoms with Crippen molar-refractivity contribution in [1.82, 2.24) is 10.1 Å². The van der Waals surface area contributed by atoms with Gasteiger partial charge in [0.05, 0.1) is 12.3 Å². The van der Waals surface area contributed by atoms with E-state index in [2.05, 4.69) is 22.4 Å². The standard InChI is InChI=1S/C14H18N4O2S/c1-2-5-13-17-14(20-18-13)8-16-10-6-3-4-7-11(10)21-9-12(15)19/h3-4,6-7,16H,2,5,8-9H2,1H3,(H2,15,19). The van der Waals surface area contributed by atoms with E-state index in [1.807, 2.05) is 24.3 Å². The van der Waals surface area contributed by atoms with Crippen molar-refractivity contribution in [3.63, 3.8) is 0 Å². The second-order valence-corrected chi connectivity index (χ2v) is 5.48. The van der Waals surface area contributed by atoms with Crippen LogP contribution in [0.1, 0.15) is 25.1 Å². The highest BCUT2D eigenvalue weighted by Crippen LogP contribution is 2.26. The third kappa shape index (κ3) is 4.78. The Morgan fingerprint density at radius 3 is 3.00 bits per heavy atom. The van der Waals surface area contributed by atoms with Crippen LogP contribution in [-0.2, 0) is 17.8 Å². The number of para-hydroxylation sites is 1. The summed E-state index contributed by atoms with van der Waals surface area (Å²) in [7, 11) is 0. The van der Waals surface area contributed by atoms with E-state index in [-0.39, 0.29) is 11.7 Å². The van der Waals surface area contributed by atoms with Gasteiger partial charge in [0.25, 0.3) is 0 Å². The molecule has 0 spiro atoms. The van der Waals surface area contributed by atoms with Gasteiger partial charge in [-0.05, 0) is 18.6 Å². The summed E-state index contributed by atoms with van der Waals surface area (Å²) in [5.41, 5.74) is 6.09. The summed E-state index contributed by atoms with van der Waals surface area (Å²) in [4.78, 5) is 16.1. The predicted octanol–water partition coefficient (Wildman–Crippen LogP) is 2.21. The lowest BCUT2D eigenvalue weighted by Crippen LogP contribution is -2.13. The van der Waals surface area contributed by atoms with Gasteiger partial charge in [0.15, 0.2) is 5.82 Å². The Kier molecular flexibility index (Phi) is 5.62. The largest absolute Gasteiger partial charge is 0.375 e. The number of aryl methyl sites for hydroxylation is 1. The fourth-order valence-electron chi connectivity index (χ4n) is 1.75. The van der Waals surface area contributed by atoms with Crippen LogP contribution in [-0.4, -0.2) is 21.8 Å². The molecule has 0 unspecified atom stereocenters. The number of carbonyl (C=O) groups excluding carboxylic acids is 1. The van der Waals surface area contributed by atoms with Crippen LogP contribution in [0.5, 0.6) is 0 Å². The van der Waals surface area contributed by atoms with Crippen LogP contribution in [0.25, 0.3) is 0 Å². The molecule has 2 rings (SSSR count). The number of nitrogens with zero attached hydrogens (tertiary/aromatic N) is 2. The van der Waals surface area contributed by atoms with Crippen molar-refractivity contribution < 1.29 is 9.32 Å². The van der Waals surface area contributed by atoms with E-state index in [1.54, 1.807) is 0 Å². The molecule has 0 atom stereocenters. The SMILES string of the molecule is CCCc1noc(CNc2ccccc2SCC(N)=O)n1. The number of thioether (sulfide) groups is 1. The maximum Gasteiger partial charge on any atom is 0.245 e. The van der Waals surface area contributed by atoms with E-state index in [1.165, 1.54) is 11.8 Å². The molecule has 0 bridgehead atoms. The highest BCUT2D eigenvalue weighted by atomic mass is 32.2. The van der Waals surface area contributed by atoms with E-state index in [9.17, 15) is 4.79 Å². The number of anilines is 1. The highest BCUT2D eigenvalue weighted by Gasteiger charge is 2.08. The average Bonchev–Trinajstić information content (AvgIpc) is 2.92. The minimum absolute atomic E-state index is 0.250. The van der Waals surface area contributed by atoms with Crippen LogP contribution >= 0.6 is 11.8 Å². The van der Waals surface area contributed by atoms with Crippen molar-refractivity contribution >= 4 is 23.4 Å². The van der Waals surface area contributed by atoms with Gasteiger partial charge in [-0.25, -0.2) is 0 Å². The number of hydrogen-bond donors (Lipinski definition) is 2. The fourth-order valence-corrected chi connectivity index (χ4v) is 2.51. The molecule has 0 saturated carbocycles. The summed E-state index contributed by atoms with van der Waals surface area (Å²) in [6, 6.07) is 7.71. The molecule has 6 nitrogen and oxygen atoms in total. The lowest BCUT2D eigenvalue weighted by atomic mass is 10.3. The van der Waals surface area contributed by atoms with Gasteiger partial charge in [0.1, 0.15) is 0 Å². The summed E-state index contributed by atoms with van der Waals surface area (Å²) in [6.45, 7) is 2.52. The molecule has 0 saturated heterocycles. The van der Waals surface area contributed by atoms with Crippen molar-refractivity contribution in [3.05, 3.63) is 36.0 Å². The van der Waals surface area contributed by atoms with Crippen LogP contribution in [0.15, 0.2) is 33.7 Å². The van der Waals surface area contributed by atoms with E-state index in [4.69, 9.17) is 10.3 Å². The Morgan fingerprint density at radius 2 is 2.24 bits per heavy atom. The van der Waals surface area contributed by atoms with Gasteiger partial charge in [-0.2, -0.15) is 4.98 Å². The number of rotatable bonds is 8. The molecular formula is C14H18N4O2S. The number of primary amides is 1. The van der Waals surface area contributed by atoms with Gasteiger partial charge < -0.3 is 15.6 Å². The number of carbonyl (C=O) groups is 1. The molecule has 1 amide bonds. The van der Waals surface area contributed by atoms with Crippen LogP contribution < -0.4 is 11.1 Å². The van der Waals surface area contributed by atoms with Gasteiger partial charge in [-0.3, -0.25) is 4.79 Å². The minimum atomic E-state index is -0.337. The maximum absolute atomic E-state index is 10.9. The monoisotopic (exact) mass is 306 g/mol. The van der Waals surface area contributed by atoms with Gasteiger partial charge >= 0.3 is 0 Å². The minimum Gasteiger partial charge on any atom is -0.375 e. The number of nitrogens with two attached hydrogens (primary N) is 1. The van der Waals surface area contributed by atoms with Gasteiger partial charge in [0, 0.05) is 17.0 Å². The molecule has 2 aromatic rings. The summed E-state index contributed by atoms with van der Waals surface area (Å²) in [5, 5.41) is 7.15. The first-order chi connectivity index (χ1) is 10.2. The Morgan fingerprint density at radius 1 is 1.43 bits per heavy atom.